The molecule has 0 fully saturated rings. The predicted octanol–water partition coefficient (Wildman–Crippen LogP) is 0.184. The molecule has 0 spiro atoms. The van der Waals surface area contributed by atoms with Gasteiger partial charge in [0.2, 0.25) is 0 Å². The first-order valence-corrected chi connectivity index (χ1v) is 8.25. The Balaban J connectivity index is 0.00000242. The first kappa shape index (κ1) is 19.3. The number of benzene rings is 1. The van der Waals surface area contributed by atoms with Gasteiger partial charge in [0.1, 0.15) is 6.61 Å². The maximum Gasteiger partial charge on any atom is 0.175 e. The molecular weight excluding hydrogens is 390 g/mol. The summed E-state index contributed by atoms with van der Waals surface area (Å²) >= 11 is 5.20. The highest BCUT2D eigenvalue weighted by Gasteiger charge is 2.12. The van der Waals surface area contributed by atoms with E-state index in [4.69, 9.17) is 14.6 Å². The molecule has 7 heteroatoms. The molecule has 2 aromatic rings. The standard InChI is InChI=1S/C15H18BrNO3S.ClH/c1-19-14-8-11(9-17-4-5-18)7-13(16)15(14)20-10-12-3-2-6-21-12;/h2-3,6-8,17-18H,4-5,9-10H2,1H3;1H/p-1. The number of hydrogen-bond acceptors (Lipinski definition) is 5. The summed E-state index contributed by atoms with van der Waals surface area (Å²) in [6, 6.07) is 7.99. The summed E-state index contributed by atoms with van der Waals surface area (Å²) in [6.07, 6.45) is 0. The molecule has 0 aliphatic rings. The minimum absolute atomic E-state index is 0. The molecular formula is C15H18BrClNO3S-. The third kappa shape index (κ3) is 5.44. The molecule has 1 aromatic carbocycles. The number of aliphatic hydroxyl groups is 1. The van der Waals surface area contributed by atoms with Crippen molar-refractivity contribution in [2.24, 2.45) is 0 Å². The highest BCUT2D eigenvalue weighted by atomic mass is 79.9. The highest BCUT2D eigenvalue weighted by molar-refractivity contribution is 9.10. The number of nitrogens with one attached hydrogen (secondary N) is 1. The van der Waals surface area contributed by atoms with Crippen molar-refractivity contribution in [3.05, 3.63) is 44.6 Å². The zero-order chi connectivity index (χ0) is 15.1. The van der Waals surface area contributed by atoms with Gasteiger partial charge in [-0.05, 0) is 45.1 Å². The van der Waals surface area contributed by atoms with Crippen LogP contribution in [0.5, 0.6) is 11.5 Å². The molecule has 0 bridgehead atoms. The Kier molecular flexibility index (Phi) is 8.82. The van der Waals surface area contributed by atoms with Crippen LogP contribution in [-0.2, 0) is 13.2 Å². The van der Waals surface area contributed by atoms with Crippen molar-refractivity contribution < 1.29 is 27.0 Å². The monoisotopic (exact) mass is 406 g/mol. The molecule has 2 N–H and O–H groups in total. The van der Waals surface area contributed by atoms with Crippen molar-refractivity contribution >= 4 is 27.3 Å². The third-order valence-electron chi connectivity index (χ3n) is 2.85. The molecule has 0 saturated carbocycles. The van der Waals surface area contributed by atoms with Crippen LogP contribution in [0.1, 0.15) is 10.4 Å². The Morgan fingerprint density at radius 3 is 2.82 bits per heavy atom. The van der Waals surface area contributed by atoms with Crippen molar-refractivity contribution in [1.29, 1.82) is 0 Å². The summed E-state index contributed by atoms with van der Waals surface area (Å²) in [6.45, 7) is 1.88. The number of aliphatic hydroxyl groups excluding tert-OH is 1. The molecule has 0 atom stereocenters. The quantitative estimate of drug-likeness (QED) is 0.613. The molecule has 4 nitrogen and oxygen atoms in total. The van der Waals surface area contributed by atoms with Gasteiger partial charge in [-0.15, -0.1) is 11.3 Å². The molecule has 0 unspecified atom stereocenters. The fraction of sp³-hybridized carbons (Fsp3) is 0.333. The maximum atomic E-state index is 8.79. The summed E-state index contributed by atoms with van der Waals surface area (Å²) in [7, 11) is 1.63. The van der Waals surface area contributed by atoms with Crippen molar-refractivity contribution in [2.45, 2.75) is 13.2 Å². The minimum Gasteiger partial charge on any atom is -1.00 e. The smallest absolute Gasteiger partial charge is 0.175 e. The van der Waals surface area contributed by atoms with Crippen LogP contribution in [0.4, 0.5) is 0 Å². The van der Waals surface area contributed by atoms with Gasteiger partial charge in [-0.3, -0.25) is 0 Å². The van der Waals surface area contributed by atoms with Gasteiger partial charge in [0, 0.05) is 18.0 Å². The largest absolute Gasteiger partial charge is 1.00 e. The van der Waals surface area contributed by atoms with E-state index in [1.807, 2.05) is 29.6 Å². The number of rotatable bonds is 8. The minimum atomic E-state index is 0. The van der Waals surface area contributed by atoms with Crippen LogP contribution in [0.3, 0.4) is 0 Å². The van der Waals surface area contributed by atoms with Crippen LogP contribution in [-0.4, -0.2) is 25.4 Å². The van der Waals surface area contributed by atoms with Crippen molar-refractivity contribution in [3.8, 4) is 11.5 Å². The van der Waals surface area contributed by atoms with E-state index in [1.54, 1.807) is 18.4 Å². The second-order valence-corrected chi connectivity index (χ2v) is 6.26. The predicted molar refractivity (Wildman–Crippen MR) is 88.1 cm³/mol. The fourth-order valence-corrected chi connectivity index (χ4v) is 3.09. The lowest BCUT2D eigenvalue weighted by Gasteiger charge is -2.14. The zero-order valence-electron chi connectivity index (χ0n) is 12.1. The molecule has 22 heavy (non-hydrogen) atoms. The Morgan fingerprint density at radius 1 is 1.36 bits per heavy atom. The van der Waals surface area contributed by atoms with E-state index >= 15 is 0 Å². The average molecular weight is 408 g/mol. The Hall–Kier alpha value is -0.790. The van der Waals surface area contributed by atoms with E-state index in [9.17, 15) is 0 Å². The second-order valence-electron chi connectivity index (χ2n) is 4.38. The molecule has 0 aliphatic heterocycles. The first-order chi connectivity index (χ1) is 10.2. The molecule has 0 aliphatic carbocycles. The average Bonchev–Trinajstić information content (AvgIpc) is 2.99. The third-order valence-corrected chi connectivity index (χ3v) is 4.28. The molecule has 0 saturated heterocycles. The molecule has 0 amide bonds. The highest BCUT2D eigenvalue weighted by Crippen LogP contribution is 2.37. The van der Waals surface area contributed by atoms with Crippen molar-refractivity contribution in [2.75, 3.05) is 20.3 Å². The van der Waals surface area contributed by atoms with Gasteiger partial charge in [0.25, 0.3) is 0 Å². The van der Waals surface area contributed by atoms with E-state index in [0.717, 1.165) is 14.9 Å². The van der Waals surface area contributed by atoms with E-state index in [-0.39, 0.29) is 19.0 Å². The summed E-state index contributed by atoms with van der Waals surface area (Å²) in [4.78, 5) is 1.16. The van der Waals surface area contributed by atoms with Gasteiger partial charge >= 0.3 is 0 Å². The molecule has 0 radical (unpaired) electrons. The molecule has 1 heterocycles. The zero-order valence-corrected chi connectivity index (χ0v) is 15.3. The van der Waals surface area contributed by atoms with Gasteiger partial charge in [-0.2, -0.15) is 0 Å². The molecule has 122 valence electrons. The van der Waals surface area contributed by atoms with E-state index in [1.165, 1.54) is 0 Å². The van der Waals surface area contributed by atoms with Gasteiger partial charge in [-0.1, -0.05) is 6.07 Å². The summed E-state index contributed by atoms with van der Waals surface area (Å²) in [5, 5.41) is 14.0. The van der Waals surface area contributed by atoms with E-state index in [0.29, 0.717) is 31.2 Å². The Bertz CT molecular complexity index is 566. The maximum absolute atomic E-state index is 8.79. The van der Waals surface area contributed by atoms with Crippen LogP contribution in [0.15, 0.2) is 34.1 Å². The normalized spacial score (nSPS) is 10.1. The molecule has 1 aromatic heterocycles. The first-order valence-electron chi connectivity index (χ1n) is 6.57. The Morgan fingerprint density at radius 2 is 2.18 bits per heavy atom. The second kappa shape index (κ2) is 10.1. The fourth-order valence-electron chi connectivity index (χ4n) is 1.87. The van der Waals surface area contributed by atoms with E-state index in [2.05, 4.69) is 21.2 Å². The lowest BCUT2D eigenvalue weighted by molar-refractivity contribution is -0.00000574. The summed E-state index contributed by atoms with van der Waals surface area (Å²) in [5.74, 6) is 1.40. The SMILES string of the molecule is COc1cc(CNCCO)cc(Br)c1OCc1cccs1.[Cl-]. The summed E-state index contributed by atoms with van der Waals surface area (Å²) < 4.78 is 12.1. The number of hydrogen-bond donors (Lipinski definition) is 2. The van der Waals surface area contributed by atoms with Crippen LogP contribution in [0.2, 0.25) is 0 Å². The van der Waals surface area contributed by atoms with Crippen LogP contribution in [0, 0.1) is 0 Å². The van der Waals surface area contributed by atoms with Crippen LogP contribution >= 0.6 is 27.3 Å². The van der Waals surface area contributed by atoms with Gasteiger partial charge < -0.3 is 32.3 Å². The Labute approximate surface area is 149 Å². The number of halogens is 2. The number of methoxy groups -OCH3 is 1. The number of ether oxygens (including phenoxy) is 2. The summed E-state index contributed by atoms with van der Waals surface area (Å²) in [5.41, 5.74) is 1.07. The van der Waals surface area contributed by atoms with Gasteiger partial charge in [0.05, 0.1) is 18.2 Å². The number of thiophene rings is 1. The van der Waals surface area contributed by atoms with Crippen molar-refractivity contribution in [3.63, 3.8) is 0 Å². The lowest BCUT2D eigenvalue weighted by atomic mass is 10.2. The van der Waals surface area contributed by atoms with Gasteiger partial charge in [-0.25, -0.2) is 0 Å². The van der Waals surface area contributed by atoms with E-state index < -0.39 is 0 Å². The molecule has 2 rings (SSSR count). The van der Waals surface area contributed by atoms with Crippen LogP contribution in [0.25, 0.3) is 0 Å². The lowest BCUT2D eigenvalue weighted by Crippen LogP contribution is -3.00. The van der Waals surface area contributed by atoms with Crippen LogP contribution < -0.4 is 27.2 Å². The topological polar surface area (TPSA) is 50.7 Å². The van der Waals surface area contributed by atoms with Gasteiger partial charge in [0.15, 0.2) is 11.5 Å². The van der Waals surface area contributed by atoms with Crippen molar-refractivity contribution in [1.82, 2.24) is 5.32 Å².